The molecule has 1 amide bonds. The normalized spacial score (nSPS) is 15.9. The number of carbonyl (C=O) groups is 1. The summed E-state index contributed by atoms with van der Waals surface area (Å²) in [6, 6.07) is 18.1. The summed E-state index contributed by atoms with van der Waals surface area (Å²) >= 11 is 1.76. The average Bonchev–Trinajstić information content (AvgIpc) is 3.38. The second-order valence-corrected chi connectivity index (χ2v) is 11.1. The van der Waals surface area contributed by atoms with Crippen molar-refractivity contribution in [2.24, 2.45) is 0 Å². The van der Waals surface area contributed by atoms with Gasteiger partial charge in [-0.05, 0) is 67.4 Å². The Labute approximate surface area is 230 Å². The molecule has 1 N–H and O–H groups in total. The van der Waals surface area contributed by atoms with Gasteiger partial charge in [0, 0.05) is 18.0 Å². The van der Waals surface area contributed by atoms with Crippen LogP contribution in [0, 0.1) is 13.8 Å². The standard InChI is InChI=1S/C31H40N2O4S/c1-4-14-32(18-26(34)21-36-20-25-8-6-5-7-9-25)19-31(35)33-15-12-30-27(13-16-38-30)28(33)22-37-29-11-10-23(2)17-24(29)3/h5-11,13,16-17,26,28,34H,4,12,14-15,18-22H2,1-3H3/t26-,28-/m0/s1. The van der Waals surface area contributed by atoms with Crippen molar-refractivity contribution in [2.45, 2.75) is 52.4 Å². The van der Waals surface area contributed by atoms with E-state index >= 15 is 0 Å². The van der Waals surface area contributed by atoms with E-state index < -0.39 is 6.10 Å². The summed E-state index contributed by atoms with van der Waals surface area (Å²) < 4.78 is 12.0. The molecular formula is C31H40N2O4S. The molecule has 3 aromatic rings. The third-order valence-electron chi connectivity index (χ3n) is 6.93. The van der Waals surface area contributed by atoms with E-state index in [0.717, 1.165) is 36.3 Å². The van der Waals surface area contributed by atoms with Crippen molar-refractivity contribution < 1.29 is 19.4 Å². The van der Waals surface area contributed by atoms with Crippen molar-refractivity contribution >= 4 is 17.2 Å². The maximum atomic E-state index is 13.6. The van der Waals surface area contributed by atoms with Crippen LogP contribution in [0.5, 0.6) is 5.75 Å². The summed E-state index contributed by atoms with van der Waals surface area (Å²) in [5.74, 6) is 0.929. The summed E-state index contributed by atoms with van der Waals surface area (Å²) in [4.78, 5) is 19.0. The summed E-state index contributed by atoms with van der Waals surface area (Å²) in [5.41, 5.74) is 4.57. The Bertz CT molecular complexity index is 1170. The monoisotopic (exact) mass is 536 g/mol. The van der Waals surface area contributed by atoms with Crippen LogP contribution < -0.4 is 4.74 Å². The van der Waals surface area contributed by atoms with Gasteiger partial charge >= 0.3 is 0 Å². The third-order valence-corrected chi connectivity index (χ3v) is 7.93. The van der Waals surface area contributed by atoms with Crippen molar-refractivity contribution in [2.75, 3.05) is 39.4 Å². The lowest BCUT2D eigenvalue weighted by Gasteiger charge is -2.37. The number of amides is 1. The predicted molar refractivity (Wildman–Crippen MR) is 153 cm³/mol. The van der Waals surface area contributed by atoms with Crippen LogP contribution in [-0.2, 0) is 22.6 Å². The minimum Gasteiger partial charge on any atom is -0.491 e. The fourth-order valence-electron chi connectivity index (χ4n) is 5.08. The molecule has 6 nitrogen and oxygen atoms in total. The smallest absolute Gasteiger partial charge is 0.237 e. The van der Waals surface area contributed by atoms with Crippen molar-refractivity contribution in [3.63, 3.8) is 0 Å². The molecule has 7 heteroatoms. The van der Waals surface area contributed by atoms with E-state index in [1.54, 1.807) is 11.3 Å². The highest BCUT2D eigenvalue weighted by molar-refractivity contribution is 7.10. The van der Waals surface area contributed by atoms with Gasteiger partial charge in [-0.2, -0.15) is 0 Å². The predicted octanol–water partition coefficient (Wildman–Crippen LogP) is 5.16. The van der Waals surface area contributed by atoms with Gasteiger partial charge in [-0.3, -0.25) is 9.69 Å². The summed E-state index contributed by atoms with van der Waals surface area (Å²) in [6.45, 7) is 9.42. The van der Waals surface area contributed by atoms with Gasteiger partial charge < -0.3 is 19.5 Å². The zero-order valence-electron chi connectivity index (χ0n) is 22.8. The van der Waals surface area contributed by atoms with E-state index in [2.05, 4.69) is 44.4 Å². The molecule has 0 radical (unpaired) electrons. The molecule has 0 fully saturated rings. The Kier molecular flexibility index (Phi) is 10.4. The first-order valence-electron chi connectivity index (χ1n) is 13.5. The van der Waals surface area contributed by atoms with Crippen LogP contribution >= 0.6 is 11.3 Å². The van der Waals surface area contributed by atoms with E-state index in [1.165, 1.54) is 16.0 Å². The molecule has 0 bridgehead atoms. The molecule has 2 heterocycles. The number of carbonyl (C=O) groups excluding carboxylic acids is 1. The molecule has 38 heavy (non-hydrogen) atoms. The van der Waals surface area contributed by atoms with Crippen LogP contribution in [0.3, 0.4) is 0 Å². The SMILES string of the molecule is CCCN(CC(=O)N1CCc2sccc2[C@@H]1COc1ccc(C)cc1C)C[C@H](O)COCc1ccccc1. The molecule has 0 saturated carbocycles. The van der Waals surface area contributed by atoms with Gasteiger partial charge in [0.2, 0.25) is 5.91 Å². The third kappa shape index (κ3) is 7.67. The quantitative estimate of drug-likeness (QED) is 0.327. The highest BCUT2D eigenvalue weighted by Crippen LogP contribution is 2.34. The molecule has 0 unspecified atom stereocenters. The molecule has 0 aliphatic carbocycles. The molecule has 2 aromatic carbocycles. The first kappa shape index (κ1) is 28.3. The number of hydrogen-bond donors (Lipinski definition) is 1. The topological polar surface area (TPSA) is 62.2 Å². The fourth-order valence-corrected chi connectivity index (χ4v) is 6.00. The lowest BCUT2D eigenvalue weighted by molar-refractivity contribution is -0.136. The maximum Gasteiger partial charge on any atom is 0.237 e. The highest BCUT2D eigenvalue weighted by atomic mass is 32.1. The van der Waals surface area contributed by atoms with Gasteiger partial charge in [-0.15, -0.1) is 11.3 Å². The Morgan fingerprint density at radius 2 is 2.00 bits per heavy atom. The van der Waals surface area contributed by atoms with E-state index in [9.17, 15) is 9.90 Å². The highest BCUT2D eigenvalue weighted by Gasteiger charge is 2.33. The second-order valence-electron chi connectivity index (χ2n) is 10.1. The van der Waals surface area contributed by atoms with Gasteiger partial charge in [0.15, 0.2) is 0 Å². The first-order valence-corrected chi connectivity index (χ1v) is 14.4. The molecule has 1 aliphatic heterocycles. The summed E-state index contributed by atoms with van der Waals surface area (Å²) in [5, 5.41) is 12.8. The maximum absolute atomic E-state index is 13.6. The Morgan fingerprint density at radius 1 is 1.18 bits per heavy atom. The lowest BCUT2D eigenvalue weighted by atomic mass is 10.00. The molecule has 1 aliphatic rings. The molecule has 2 atom stereocenters. The van der Waals surface area contributed by atoms with Crippen LogP contribution in [0.25, 0.3) is 0 Å². The van der Waals surface area contributed by atoms with E-state index in [0.29, 0.717) is 26.3 Å². The number of nitrogens with zero attached hydrogens (tertiary/aromatic N) is 2. The van der Waals surface area contributed by atoms with E-state index in [-0.39, 0.29) is 25.1 Å². The number of rotatable bonds is 13. The minimum absolute atomic E-state index is 0.0712. The number of aliphatic hydroxyl groups is 1. The zero-order chi connectivity index (χ0) is 26.9. The van der Waals surface area contributed by atoms with E-state index in [1.807, 2.05) is 46.2 Å². The molecule has 1 aromatic heterocycles. The first-order chi connectivity index (χ1) is 18.4. The number of thiophene rings is 1. The number of fused-ring (bicyclic) bond motifs is 1. The number of benzene rings is 2. The largest absolute Gasteiger partial charge is 0.491 e. The van der Waals surface area contributed by atoms with Crippen LogP contribution in [0.1, 0.15) is 46.5 Å². The number of ether oxygens (including phenoxy) is 2. The summed E-state index contributed by atoms with van der Waals surface area (Å²) in [6.07, 6.45) is 1.10. The van der Waals surface area contributed by atoms with Crippen molar-refractivity contribution in [3.05, 3.63) is 87.1 Å². The van der Waals surface area contributed by atoms with Crippen LogP contribution in [-0.4, -0.2) is 66.3 Å². The van der Waals surface area contributed by atoms with Gasteiger partial charge in [0.1, 0.15) is 12.4 Å². The van der Waals surface area contributed by atoms with E-state index in [4.69, 9.17) is 9.47 Å². The minimum atomic E-state index is -0.661. The van der Waals surface area contributed by atoms with Gasteiger partial charge in [0.05, 0.1) is 31.9 Å². The Balaban J connectivity index is 1.37. The number of aliphatic hydroxyl groups excluding tert-OH is 1. The fraction of sp³-hybridized carbons (Fsp3) is 0.452. The van der Waals surface area contributed by atoms with Crippen molar-refractivity contribution in [1.29, 1.82) is 0 Å². The van der Waals surface area contributed by atoms with Gasteiger partial charge in [-0.25, -0.2) is 0 Å². The van der Waals surface area contributed by atoms with Crippen LogP contribution in [0.15, 0.2) is 60.0 Å². The molecular weight excluding hydrogens is 496 g/mol. The lowest BCUT2D eigenvalue weighted by Crippen LogP contribution is -2.48. The summed E-state index contributed by atoms with van der Waals surface area (Å²) in [7, 11) is 0. The molecule has 4 rings (SSSR count). The van der Waals surface area contributed by atoms with Crippen molar-refractivity contribution in [3.8, 4) is 5.75 Å². The van der Waals surface area contributed by atoms with Crippen LogP contribution in [0.2, 0.25) is 0 Å². The van der Waals surface area contributed by atoms with Crippen molar-refractivity contribution in [1.82, 2.24) is 9.80 Å². The average molecular weight is 537 g/mol. The Hall–Kier alpha value is -2.71. The zero-order valence-corrected chi connectivity index (χ0v) is 23.6. The molecule has 0 spiro atoms. The second kappa shape index (κ2) is 13.9. The Morgan fingerprint density at radius 3 is 2.76 bits per heavy atom. The van der Waals surface area contributed by atoms with Gasteiger partial charge in [-0.1, -0.05) is 55.0 Å². The number of aryl methyl sites for hydroxylation is 2. The van der Waals surface area contributed by atoms with Crippen LogP contribution in [0.4, 0.5) is 0 Å². The van der Waals surface area contributed by atoms with Gasteiger partial charge in [0.25, 0.3) is 0 Å². The molecule has 204 valence electrons. The molecule has 0 saturated heterocycles. The number of hydrogen-bond acceptors (Lipinski definition) is 6.